The van der Waals surface area contributed by atoms with Gasteiger partial charge in [-0.3, -0.25) is 19.9 Å². The molecule has 0 saturated carbocycles. The van der Waals surface area contributed by atoms with E-state index >= 15 is 0 Å². The Balaban J connectivity index is 1.72. The fourth-order valence-corrected chi connectivity index (χ4v) is 2.01. The van der Waals surface area contributed by atoms with Crippen molar-refractivity contribution in [1.29, 1.82) is 0 Å². The van der Waals surface area contributed by atoms with E-state index in [2.05, 4.69) is 20.5 Å². The average molecular weight is 321 g/mol. The third kappa shape index (κ3) is 3.38. The summed E-state index contributed by atoms with van der Waals surface area (Å²) in [6.07, 6.45) is 2.68. The summed E-state index contributed by atoms with van der Waals surface area (Å²) in [5.41, 5.74) is 4.19. The van der Waals surface area contributed by atoms with Crippen molar-refractivity contribution in [3.05, 3.63) is 76.1 Å². The SMILES string of the molecule is O=C(N/N=C\c1cccc([N+](=O)[O-])c1)c1cnc2ccccc2n1. The Hall–Kier alpha value is -3.68. The lowest BCUT2D eigenvalue weighted by molar-refractivity contribution is -0.384. The lowest BCUT2D eigenvalue weighted by atomic mass is 10.2. The number of benzene rings is 2. The van der Waals surface area contributed by atoms with Crippen LogP contribution in [0.25, 0.3) is 11.0 Å². The molecule has 24 heavy (non-hydrogen) atoms. The lowest BCUT2D eigenvalue weighted by Gasteiger charge is -2.01. The van der Waals surface area contributed by atoms with Gasteiger partial charge in [0.1, 0.15) is 5.69 Å². The molecule has 1 N–H and O–H groups in total. The second kappa shape index (κ2) is 6.61. The number of rotatable bonds is 4. The van der Waals surface area contributed by atoms with Crippen LogP contribution in [0.4, 0.5) is 5.69 Å². The molecule has 0 bridgehead atoms. The Morgan fingerprint density at radius 2 is 1.96 bits per heavy atom. The molecule has 0 aliphatic rings. The molecule has 0 saturated heterocycles. The van der Waals surface area contributed by atoms with Gasteiger partial charge in [0.25, 0.3) is 11.6 Å². The molecule has 0 unspecified atom stereocenters. The third-order valence-electron chi connectivity index (χ3n) is 3.14. The van der Waals surface area contributed by atoms with Crippen LogP contribution >= 0.6 is 0 Å². The maximum Gasteiger partial charge on any atom is 0.291 e. The number of nitrogens with zero attached hydrogens (tertiary/aromatic N) is 4. The van der Waals surface area contributed by atoms with Crippen LogP contribution in [0.2, 0.25) is 0 Å². The number of nitro benzene ring substituents is 1. The number of hydrogen-bond acceptors (Lipinski definition) is 6. The van der Waals surface area contributed by atoms with Crippen molar-refractivity contribution >= 4 is 28.8 Å². The number of carbonyl (C=O) groups is 1. The summed E-state index contributed by atoms with van der Waals surface area (Å²) < 4.78 is 0. The van der Waals surface area contributed by atoms with Gasteiger partial charge in [-0.25, -0.2) is 10.4 Å². The normalized spacial score (nSPS) is 10.8. The molecule has 118 valence electrons. The summed E-state index contributed by atoms with van der Waals surface area (Å²) in [6.45, 7) is 0. The van der Waals surface area contributed by atoms with Gasteiger partial charge in [0.15, 0.2) is 0 Å². The van der Waals surface area contributed by atoms with Crippen molar-refractivity contribution in [2.24, 2.45) is 5.10 Å². The summed E-state index contributed by atoms with van der Waals surface area (Å²) in [7, 11) is 0. The molecule has 3 rings (SSSR count). The minimum Gasteiger partial charge on any atom is -0.265 e. The molecule has 0 radical (unpaired) electrons. The van der Waals surface area contributed by atoms with Crippen LogP contribution in [-0.2, 0) is 0 Å². The lowest BCUT2D eigenvalue weighted by Crippen LogP contribution is -2.19. The van der Waals surface area contributed by atoms with Gasteiger partial charge < -0.3 is 0 Å². The number of non-ortho nitro benzene ring substituents is 1. The maximum absolute atomic E-state index is 12.0. The molecule has 1 heterocycles. The van der Waals surface area contributed by atoms with Gasteiger partial charge in [0.2, 0.25) is 0 Å². The van der Waals surface area contributed by atoms with Crippen molar-refractivity contribution in [1.82, 2.24) is 15.4 Å². The van der Waals surface area contributed by atoms with Crippen LogP contribution < -0.4 is 5.43 Å². The van der Waals surface area contributed by atoms with Crippen LogP contribution in [0.5, 0.6) is 0 Å². The van der Waals surface area contributed by atoms with E-state index < -0.39 is 10.8 Å². The number of hydrogen-bond donors (Lipinski definition) is 1. The predicted molar refractivity (Wildman–Crippen MR) is 87.7 cm³/mol. The molecular weight excluding hydrogens is 310 g/mol. The molecule has 3 aromatic rings. The number of para-hydroxylation sites is 2. The zero-order chi connectivity index (χ0) is 16.9. The van der Waals surface area contributed by atoms with Crippen LogP contribution in [-0.4, -0.2) is 27.0 Å². The Morgan fingerprint density at radius 3 is 2.75 bits per heavy atom. The second-order valence-corrected chi connectivity index (χ2v) is 4.80. The molecule has 0 atom stereocenters. The summed E-state index contributed by atoms with van der Waals surface area (Å²) in [5.74, 6) is -0.519. The topological polar surface area (TPSA) is 110 Å². The summed E-state index contributed by atoms with van der Waals surface area (Å²) in [4.78, 5) is 30.6. The number of amides is 1. The molecule has 0 aliphatic carbocycles. The largest absolute Gasteiger partial charge is 0.291 e. The fourth-order valence-electron chi connectivity index (χ4n) is 2.01. The predicted octanol–water partition coefficient (Wildman–Crippen LogP) is 2.30. The monoisotopic (exact) mass is 321 g/mol. The quantitative estimate of drug-likeness (QED) is 0.450. The smallest absolute Gasteiger partial charge is 0.265 e. The van der Waals surface area contributed by atoms with Crippen molar-refractivity contribution in [2.45, 2.75) is 0 Å². The molecule has 8 nitrogen and oxygen atoms in total. The summed E-state index contributed by atoms with van der Waals surface area (Å²) >= 11 is 0. The Kier molecular flexibility index (Phi) is 4.19. The van der Waals surface area contributed by atoms with E-state index in [1.54, 1.807) is 24.3 Å². The average Bonchev–Trinajstić information content (AvgIpc) is 2.61. The Bertz CT molecular complexity index is 955. The Morgan fingerprint density at radius 1 is 1.17 bits per heavy atom. The van der Waals surface area contributed by atoms with E-state index in [1.807, 2.05) is 6.07 Å². The van der Waals surface area contributed by atoms with Gasteiger partial charge >= 0.3 is 0 Å². The van der Waals surface area contributed by atoms with Gasteiger partial charge in [0, 0.05) is 17.7 Å². The van der Waals surface area contributed by atoms with Crippen LogP contribution in [0.1, 0.15) is 16.1 Å². The number of fused-ring (bicyclic) bond motifs is 1. The van der Waals surface area contributed by atoms with Gasteiger partial charge in [-0.1, -0.05) is 24.3 Å². The minimum absolute atomic E-state index is 0.0503. The molecular formula is C16H11N5O3. The molecule has 2 aromatic carbocycles. The minimum atomic E-state index is -0.519. The van der Waals surface area contributed by atoms with E-state index in [0.717, 1.165) is 0 Å². The molecule has 1 aromatic heterocycles. The van der Waals surface area contributed by atoms with E-state index in [9.17, 15) is 14.9 Å². The van der Waals surface area contributed by atoms with Crippen molar-refractivity contribution in [3.63, 3.8) is 0 Å². The van der Waals surface area contributed by atoms with E-state index in [4.69, 9.17) is 0 Å². The first kappa shape index (κ1) is 15.2. The number of aromatic nitrogens is 2. The van der Waals surface area contributed by atoms with Crippen molar-refractivity contribution in [3.8, 4) is 0 Å². The third-order valence-corrected chi connectivity index (χ3v) is 3.14. The van der Waals surface area contributed by atoms with Gasteiger partial charge in [-0.2, -0.15) is 5.10 Å². The zero-order valence-electron chi connectivity index (χ0n) is 12.3. The molecule has 1 amide bonds. The first-order chi connectivity index (χ1) is 11.6. The number of nitro groups is 1. The van der Waals surface area contributed by atoms with E-state index in [-0.39, 0.29) is 11.4 Å². The first-order valence-corrected chi connectivity index (χ1v) is 6.93. The van der Waals surface area contributed by atoms with E-state index in [0.29, 0.717) is 16.6 Å². The van der Waals surface area contributed by atoms with Crippen LogP contribution in [0, 0.1) is 10.1 Å². The highest BCUT2D eigenvalue weighted by molar-refractivity contribution is 5.94. The highest BCUT2D eigenvalue weighted by Crippen LogP contribution is 2.11. The highest BCUT2D eigenvalue weighted by Gasteiger charge is 2.08. The maximum atomic E-state index is 12.0. The molecule has 0 aliphatic heterocycles. The summed E-state index contributed by atoms with van der Waals surface area (Å²) in [6, 6.07) is 13.1. The fraction of sp³-hybridized carbons (Fsp3) is 0. The van der Waals surface area contributed by atoms with Crippen LogP contribution in [0.3, 0.4) is 0 Å². The van der Waals surface area contributed by atoms with Gasteiger partial charge in [-0.05, 0) is 12.1 Å². The van der Waals surface area contributed by atoms with Crippen LogP contribution in [0.15, 0.2) is 59.8 Å². The number of nitrogens with one attached hydrogen (secondary N) is 1. The number of hydrazone groups is 1. The number of carbonyl (C=O) groups excluding carboxylic acids is 1. The standard InChI is InChI=1S/C16H11N5O3/c22-16(15-10-17-13-6-1-2-7-14(13)19-15)20-18-9-11-4-3-5-12(8-11)21(23)24/h1-10H,(H,20,22)/b18-9-. The van der Waals surface area contributed by atoms with E-state index in [1.165, 1.54) is 30.6 Å². The van der Waals surface area contributed by atoms with Gasteiger partial charge in [0.05, 0.1) is 28.4 Å². The summed E-state index contributed by atoms with van der Waals surface area (Å²) in [5, 5.41) is 14.5. The first-order valence-electron chi connectivity index (χ1n) is 6.93. The highest BCUT2D eigenvalue weighted by atomic mass is 16.6. The molecule has 0 fully saturated rings. The second-order valence-electron chi connectivity index (χ2n) is 4.80. The molecule has 8 heteroatoms. The Labute approximate surface area is 136 Å². The van der Waals surface area contributed by atoms with Crippen molar-refractivity contribution in [2.75, 3.05) is 0 Å². The zero-order valence-corrected chi connectivity index (χ0v) is 12.3. The molecule has 0 spiro atoms. The van der Waals surface area contributed by atoms with Gasteiger partial charge in [-0.15, -0.1) is 0 Å². The van der Waals surface area contributed by atoms with Crippen molar-refractivity contribution < 1.29 is 9.72 Å².